The Bertz CT molecular complexity index is 700. The van der Waals surface area contributed by atoms with Gasteiger partial charge in [0.2, 0.25) is 10.0 Å². The van der Waals surface area contributed by atoms with Crippen LogP contribution in [0, 0.1) is 19.8 Å². The highest BCUT2D eigenvalue weighted by molar-refractivity contribution is 7.89. The molecule has 2 rings (SSSR count). The average Bonchev–Trinajstić information content (AvgIpc) is 2.49. The van der Waals surface area contributed by atoms with E-state index in [9.17, 15) is 18.3 Å². The first kappa shape index (κ1) is 17.9. The molecule has 1 heterocycles. The summed E-state index contributed by atoms with van der Waals surface area (Å²) in [5.74, 6) is -1.63. The van der Waals surface area contributed by atoms with Gasteiger partial charge in [-0.05, 0) is 57.6 Å². The Labute approximate surface area is 137 Å². The molecule has 1 aromatic carbocycles. The van der Waals surface area contributed by atoms with Crippen molar-refractivity contribution in [2.75, 3.05) is 27.2 Å². The molecule has 0 saturated carbocycles. The number of piperidine rings is 1. The lowest BCUT2D eigenvalue weighted by atomic mass is 9.95. The van der Waals surface area contributed by atoms with Crippen LogP contribution in [0.25, 0.3) is 0 Å². The molecule has 2 atom stereocenters. The number of nitrogens with zero attached hydrogens (tertiary/aromatic N) is 2. The number of aryl methyl sites for hydroxylation is 2. The summed E-state index contributed by atoms with van der Waals surface area (Å²) in [6.45, 7) is 4.13. The van der Waals surface area contributed by atoms with Crippen LogP contribution in [-0.2, 0) is 14.8 Å². The smallest absolute Gasteiger partial charge is 0.307 e. The minimum Gasteiger partial charge on any atom is -0.481 e. The number of carbonyl (C=O) groups is 1. The number of carboxylic acids is 1. The minimum atomic E-state index is -3.69. The van der Waals surface area contributed by atoms with Crippen LogP contribution < -0.4 is 0 Å². The van der Waals surface area contributed by atoms with Gasteiger partial charge in [0, 0.05) is 19.1 Å². The van der Waals surface area contributed by atoms with E-state index in [0.29, 0.717) is 13.0 Å². The van der Waals surface area contributed by atoms with Crippen molar-refractivity contribution in [3.8, 4) is 0 Å². The van der Waals surface area contributed by atoms with Crippen molar-refractivity contribution < 1.29 is 18.3 Å². The van der Waals surface area contributed by atoms with E-state index in [1.54, 1.807) is 18.2 Å². The van der Waals surface area contributed by atoms with Gasteiger partial charge >= 0.3 is 5.97 Å². The standard InChI is InChI=1S/C16H24N2O4S/c1-11-5-6-15(7-12(11)2)23(21,22)18-9-13(16(19)20)8-14(10-18)17(3)4/h5-7,13-14H,8-10H2,1-4H3,(H,19,20). The third kappa shape index (κ3) is 3.73. The first-order valence-corrected chi connectivity index (χ1v) is 9.03. The molecule has 0 spiro atoms. The number of rotatable bonds is 4. The van der Waals surface area contributed by atoms with Gasteiger partial charge in [0.05, 0.1) is 10.8 Å². The predicted octanol–water partition coefficient (Wildman–Crippen LogP) is 1.33. The molecule has 1 aliphatic heterocycles. The maximum atomic E-state index is 12.9. The number of benzene rings is 1. The predicted molar refractivity (Wildman–Crippen MR) is 87.9 cm³/mol. The average molecular weight is 340 g/mol. The molecule has 1 fully saturated rings. The van der Waals surface area contributed by atoms with Crippen LogP contribution in [0.15, 0.2) is 23.1 Å². The third-order valence-corrected chi connectivity index (χ3v) is 6.42. The van der Waals surface area contributed by atoms with Crippen LogP contribution in [0.1, 0.15) is 17.5 Å². The molecule has 0 aliphatic carbocycles. The highest BCUT2D eigenvalue weighted by atomic mass is 32.2. The Hall–Kier alpha value is -1.44. The topological polar surface area (TPSA) is 77.9 Å². The van der Waals surface area contributed by atoms with Gasteiger partial charge in [-0.15, -0.1) is 0 Å². The monoisotopic (exact) mass is 340 g/mol. The van der Waals surface area contributed by atoms with Gasteiger partial charge < -0.3 is 10.0 Å². The molecule has 1 aliphatic rings. The summed E-state index contributed by atoms with van der Waals surface area (Å²) in [5.41, 5.74) is 1.93. The molecule has 0 amide bonds. The molecule has 2 unspecified atom stereocenters. The van der Waals surface area contributed by atoms with Gasteiger partial charge in [0.1, 0.15) is 0 Å². The Balaban J connectivity index is 2.36. The maximum absolute atomic E-state index is 12.9. The number of hydrogen-bond donors (Lipinski definition) is 1. The fraction of sp³-hybridized carbons (Fsp3) is 0.562. The number of hydrogen-bond acceptors (Lipinski definition) is 4. The molecule has 1 saturated heterocycles. The third-order valence-electron chi connectivity index (χ3n) is 4.59. The fourth-order valence-corrected chi connectivity index (χ4v) is 4.41. The van der Waals surface area contributed by atoms with E-state index in [2.05, 4.69) is 0 Å². The molecule has 6 nitrogen and oxygen atoms in total. The van der Waals surface area contributed by atoms with Crippen molar-refractivity contribution in [1.29, 1.82) is 0 Å². The van der Waals surface area contributed by atoms with Gasteiger partial charge in [-0.3, -0.25) is 4.79 Å². The van der Waals surface area contributed by atoms with Crippen molar-refractivity contribution >= 4 is 16.0 Å². The van der Waals surface area contributed by atoms with Crippen LogP contribution >= 0.6 is 0 Å². The van der Waals surface area contributed by atoms with E-state index in [0.717, 1.165) is 11.1 Å². The van der Waals surface area contributed by atoms with Gasteiger partial charge in [0.25, 0.3) is 0 Å². The summed E-state index contributed by atoms with van der Waals surface area (Å²) in [6.07, 6.45) is 0.460. The second kappa shape index (κ2) is 6.59. The first-order valence-electron chi connectivity index (χ1n) is 7.59. The molecule has 7 heteroatoms. The van der Waals surface area contributed by atoms with Crippen molar-refractivity contribution in [3.63, 3.8) is 0 Å². The Morgan fingerprint density at radius 2 is 1.87 bits per heavy atom. The van der Waals surface area contributed by atoms with E-state index in [4.69, 9.17) is 0 Å². The van der Waals surface area contributed by atoms with E-state index in [-0.39, 0.29) is 17.5 Å². The van der Waals surface area contributed by atoms with Crippen LogP contribution in [0.4, 0.5) is 0 Å². The van der Waals surface area contributed by atoms with Gasteiger partial charge in [-0.2, -0.15) is 4.31 Å². The van der Waals surface area contributed by atoms with Gasteiger partial charge in [-0.1, -0.05) is 6.07 Å². The van der Waals surface area contributed by atoms with Crippen LogP contribution in [-0.4, -0.2) is 61.9 Å². The summed E-state index contributed by atoms with van der Waals surface area (Å²) >= 11 is 0. The molecular weight excluding hydrogens is 316 g/mol. The molecular formula is C16H24N2O4S. The van der Waals surface area contributed by atoms with Crippen LogP contribution in [0.5, 0.6) is 0 Å². The van der Waals surface area contributed by atoms with E-state index < -0.39 is 21.9 Å². The zero-order chi connectivity index (χ0) is 17.4. The normalized spacial score (nSPS) is 23.2. The van der Waals surface area contributed by atoms with E-state index in [1.807, 2.05) is 32.8 Å². The maximum Gasteiger partial charge on any atom is 0.307 e. The number of sulfonamides is 1. The SMILES string of the molecule is Cc1ccc(S(=O)(=O)N2CC(C(=O)O)CC(N(C)C)C2)cc1C. The Kier molecular flexibility index (Phi) is 5.13. The van der Waals surface area contributed by atoms with Crippen LogP contribution in [0.2, 0.25) is 0 Å². The second-order valence-corrected chi connectivity index (χ2v) is 8.39. The number of likely N-dealkylation sites (N-methyl/N-ethyl adjacent to an activating group) is 1. The summed E-state index contributed by atoms with van der Waals surface area (Å²) in [4.78, 5) is 13.5. The zero-order valence-corrected chi connectivity index (χ0v) is 14.8. The Morgan fingerprint density at radius 1 is 1.22 bits per heavy atom. The fourth-order valence-electron chi connectivity index (χ4n) is 2.81. The van der Waals surface area contributed by atoms with Crippen molar-refractivity contribution in [3.05, 3.63) is 29.3 Å². The summed E-state index contributed by atoms with van der Waals surface area (Å²) in [7, 11) is -0.00488. The molecule has 23 heavy (non-hydrogen) atoms. The molecule has 0 aromatic heterocycles. The second-order valence-electron chi connectivity index (χ2n) is 6.46. The lowest BCUT2D eigenvalue weighted by Gasteiger charge is -2.38. The Morgan fingerprint density at radius 3 is 2.39 bits per heavy atom. The van der Waals surface area contributed by atoms with E-state index >= 15 is 0 Å². The lowest BCUT2D eigenvalue weighted by Crippen LogP contribution is -2.52. The highest BCUT2D eigenvalue weighted by Gasteiger charge is 2.38. The van der Waals surface area contributed by atoms with Crippen LogP contribution in [0.3, 0.4) is 0 Å². The van der Waals surface area contributed by atoms with Crippen molar-refractivity contribution in [1.82, 2.24) is 9.21 Å². The molecule has 0 bridgehead atoms. The summed E-state index contributed by atoms with van der Waals surface area (Å²) in [6, 6.07) is 4.92. The molecule has 128 valence electrons. The molecule has 1 aromatic rings. The summed E-state index contributed by atoms with van der Waals surface area (Å²) in [5, 5.41) is 9.33. The quantitative estimate of drug-likeness (QED) is 0.895. The molecule has 1 N–H and O–H groups in total. The number of aliphatic carboxylic acids is 1. The first-order chi connectivity index (χ1) is 10.6. The largest absolute Gasteiger partial charge is 0.481 e. The minimum absolute atomic E-state index is 0.0227. The van der Waals surface area contributed by atoms with Gasteiger partial charge in [-0.25, -0.2) is 8.42 Å². The van der Waals surface area contributed by atoms with Crippen molar-refractivity contribution in [2.24, 2.45) is 5.92 Å². The van der Waals surface area contributed by atoms with Gasteiger partial charge in [0.15, 0.2) is 0 Å². The molecule has 0 radical (unpaired) electrons. The van der Waals surface area contributed by atoms with E-state index in [1.165, 1.54) is 4.31 Å². The lowest BCUT2D eigenvalue weighted by molar-refractivity contribution is -0.143. The zero-order valence-electron chi connectivity index (χ0n) is 14.0. The van der Waals surface area contributed by atoms with Crippen molar-refractivity contribution in [2.45, 2.75) is 31.2 Å². The number of carboxylic acid groups (broad SMARTS) is 1. The summed E-state index contributed by atoms with van der Waals surface area (Å²) < 4.78 is 27.1. The highest BCUT2D eigenvalue weighted by Crippen LogP contribution is 2.26.